The highest BCUT2D eigenvalue weighted by molar-refractivity contribution is 5.83. The van der Waals surface area contributed by atoms with E-state index in [1.807, 2.05) is 30.3 Å². The lowest BCUT2D eigenvalue weighted by atomic mass is 10.2. The number of hydrogen-bond donors (Lipinski definition) is 2. The zero-order valence-electron chi connectivity index (χ0n) is 11.8. The van der Waals surface area contributed by atoms with E-state index in [-0.39, 0.29) is 19.2 Å². The molecule has 0 radical (unpaired) electrons. The second kappa shape index (κ2) is 7.08. The molecule has 0 bridgehead atoms. The van der Waals surface area contributed by atoms with Gasteiger partial charge in [0, 0.05) is 19.6 Å². The van der Waals surface area contributed by atoms with Gasteiger partial charge in [0.05, 0.1) is 6.61 Å². The molecule has 1 aliphatic rings. The molecule has 1 aromatic carbocycles. The highest BCUT2D eigenvalue weighted by Gasteiger charge is 2.36. The summed E-state index contributed by atoms with van der Waals surface area (Å²) in [5.74, 6) is -0.968. The van der Waals surface area contributed by atoms with Crippen LogP contribution in [0.2, 0.25) is 0 Å². The first-order valence-corrected chi connectivity index (χ1v) is 7.06. The van der Waals surface area contributed by atoms with Crippen molar-refractivity contribution in [3.63, 3.8) is 0 Å². The van der Waals surface area contributed by atoms with Crippen LogP contribution in [-0.2, 0) is 11.3 Å². The molecule has 0 saturated carbocycles. The molecule has 2 N–H and O–H groups in total. The molecule has 0 aliphatic carbocycles. The fourth-order valence-corrected chi connectivity index (χ4v) is 2.60. The van der Waals surface area contributed by atoms with Gasteiger partial charge in [0.25, 0.3) is 0 Å². The van der Waals surface area contributed by atoms with Crippen LogP contribution in [0.15, 0.2) is 30.3 Å². The van der Waals surface area contributed by atoms with Crippen molar-refractivity contribution in [2.45, 2.75) is 25.4 Å². The van der Waals surface area contributed by atoms with Crippen LogP contribution in [0.5, 0.6) is 0 Å². The lowest BCUT2D eigenvalue weighted by Gasteiger charge is -2.30. The third-order valence-electron chi connectivity index (χ3n) is 3.64. The van der Waals surface area contributed by atoms with E-state index in [1.165, 1.54) is 9.80 Å². The van der Waals surface area contributed by atoms with Crippen LogP contribution in [-0.4, -0.2) is 57.8 Å². The summed E-state index contributed by atoms with van der Waals surface area (Å²) in [6, 6.07) is 8.38. The number of urea groups is 1. The van der Waals surface area contributed by atoms with Gasteiger partial charge >= 0.3 is 12.0 Å². The summed E-state index contributed by atoms with van der Waals surface area (Å²) in [7, 11) is 0. The van der Waals surface area contributed by atoms with Crippen molar-refractivity contribution in [1.82, 2.24) is 9.80 Å². The monoisotopic (exact) mass is 292 g/mol. The number of likely N-dealkylation sites (tertiary alicyclic amines) is 1. The van der Waals surface area contributed by atoms with Gasteiger partial charge in [-0.1, -0.05) is 30.3 Å². The Labute approximate surface area is 123 Å². The molecule has 6 heteroatoms. The van der Waals surface area contributed by atoms with Gasteiger partial charge in [-0.25, -0.2) is 9.59 Å². The number of carboxylic acids is 1. The molecule has 1 heterocycles. The molecule has 2 rings (SSSR count). The summed E-state index contributed by atoms with van der Waals surface area (Å²) in [5.41, 5.74) is 0.949. The molecule has 1 saturated heterocycles. The van der Waals surface area contributed by atoms with Crippen LogP contribution in [0.25, 0.3) is 0 Å². The first kappa shape index (κ1) is 15.3. The number of amides is 2. The minimum absolute atomic E-state index is 0.149. The third-order valence-corrected chi connectivity index (χ3v) is 3.64. The summed E-state index contributed by atoms with van der Waals surface area (Å²) in [6.07, 6.45) is 1.18. The molecule has 1 aromatic rings. The Balaban J connectivity index is 2.10. The number of nitrogens with zero attached hydrogens (tertiary/aromatic N) is 2. The molecule has 2 amide bonds. The molecular weight excluding hydrogens is 272 g/mol. The molecule has 21 heavy (non-hydrogen) atoms. The lowest BCUT2D eigenvalue weighted by Crippen LogP contribution is -2.48. The minimum atomic E-state index is -0.968. The average molecular weight is 292 g/mol. The third kappa shape index (κ3) is 3.72. The fourth-order valence-electron chi connectivity index (χ4n) is 2.60. The molecule has 0 unspecified atom stereocenters. The van der Waals surface area contributed by atoms with Gasteiger partial charge in [0.1, 0.15) is 6.04 Å². The van der Waals surface area contributed by atoms with Crippen molar-refractivity contribution in [2.75, 3.05) is 19.7 Å². The Hall–Kier alpha value is -2.08. The largest absolute Gasteiger partial charge is 0.480 e. The molecule has 0 spiro atoms. The number of aliphatic hydroxyl groups excluding tert-OH is 1. The lowest BCUT2D eigenvalue weighted by molar-refractivity contribution is -0.141. The molecule has 1 fully saturated rings. The van der Waals surface area contributed by atoms with Crippen molar-refractivity contribution in [2.24, 2.45) is 0 Å². The number of aliphatic carboxylic acids is 1. The van der Waals surface area contributed by atoms with Gasteiger partial charge in [-0.2, -0.15) is 0 Å². The number of carbonyl (C=O) groups is 2. The number of hydrogen-bond acceptors (Lipinski definition) is 3. The van der Waals surface area contributed by atoms with E-state index in [9.17, 15) is 14.7 Å². The molecule has 1 atom stereocenters. The summed E-state index contributed by atoms with van der Waals surface area (Å²) in [4.78, 5) is 26.6. The van der Waals surface area contributed by atoms with E-state index >= 15 is 0 Å². The fraction of sp³-hybridized carbons (Fsp3) is 0.467. The van der Waals surface area contributed by atoms with Gasteiger partial charge in [-0.3, -0.25) is 0 Å². The van der Waals surface area contributed by atoms with Crippen molar-refractivity contribution in [3.05, 3.63) is 35.9 Å². The standard InChI is InChI=1S/C15H20N2O4/c18-10-9-16(11-12-5-2-1-3-6-12)15(21)17-8-4-7-13(17)14(19)20/h1-3,5-6,13,18H,4,7-11H2,(H,19,20)/t13-/m0/s1. The Bertz CT molecular complexity index is 492. The van der Waals surface area contributed by atoms with E-state index < -0.39 is 12.0 Å². The van der Waals surface area contributed by atoms with E-state index in [2.05, 4.69) is 0 Å². The normalized spacial score (nSPS) is 17.8. The smallest absolute Gasteiger partial charge is 0.326 e. The molecule has 0 aromatic heterocycles. The van der Waals surface area contributed by atoms with Crippen LogP contribution < -0.4 is 0 Å². The van der Waals surface area contributed by atoms with Crippen LogP contribution >= 0.6 is 0 Å². The number of aliphatic hydroxyl groups is 1. The predicted octanol–water partition coefficient (Wildman–Crippen LogP) is 1.15. The molecule has 6 nitrogen and oxygen atoms in total. The van der Waals surface area contributed by atoms with Gasteiger partial charge in [0.2, 0.25) is 0 Å². The first-order chi connectivity index (χ1) is 10.1. The average Bonchev–Trinajstić information content (AvgIpc) is 2.97. The first-order valence-electron chi connectivity index (χ1n) is 7.06. The van der Waals surface area contributed by atoms with Crippen LogP contribution in [0.1, 0.15) is 18.4 Å². The van der Waals surface area contributed by atoms with Crippen molar-refractivity contribution in [3.8, 4) is 0 Å². The summed E-state index contributed by atoms with van der Waals surface area (Å²) >= 11 is 0. The van der Waals surface area contributed by atoms with Crippen LogP contribution in [0.3, 0.4) is 0 Å². The molecule has 114 valence electrons. The number of carbonyl (C=O) groups excluding carboxylic acids is 1. The van der Waals surface area contributed by atoms with E-state index in [0.29, 0.717) is 25.9 Å². The second-order valence-corrected chi connectivity index (χ2v) is 5.10. The Morgan fingerprint density at radius 1 is 1.29 bits per heavy atom. The van der Waals surface area contributed by atoms with Gasteiger partial charge in [-0.15, -0.1) is 0 Å². The summed E-state index contributed by atoms with van der Waals surface area (Å²) in [6.45, 7) is 0.857. The highest BCUT2D eigenvalue weighted by Crippen LogP contribution is 2.20. The summed E-state index contributed by atoms with van der Waals surface area (Å²) in [5, 5.41) is 18.3. The number of benzene rings is 1. The topological polar surface area (TPSA) is 81.1 Å². The molecular formula is C15H20N2O4. The second-order valence-electron chi connectivity index (χ2n) is 5.10. The number of rotatable bonds is 5. The van der Waals surface area contributed by atoms with E-state index in [1.54, 1.807) is 0 Å². The van der Waals surface area contributed by atoms with Crippen molar-refractivity contribution in [1.29, 1.82) is 0 Å². The van der Waals surface area contributed by atoms with E-state index in [4.69, 9.17) is 5.11 Å². The maximum Gasteiger partial charge on any atom is 0.326 e. The summed E-state index contributed by atoms with van der Waals surface area (Å²) < 4.78 is 0. The van der Waals surface area contributed by atoms with Crippen molar-refractivity contribution < 1.29 is 19.8 Å². The van der Waals surface area contributed by atoms with Crippen molar-refractivity contribution >= 4 is 12.0 Å². The van der Waals surface area contributed by atoms with Gasteiger partial charge < -0.3 is 20.0 Å². The van der Waals surface area contributed by atoms with Crippen LogP contribution in [0, 0.1) is 0 Å². The van der Waals surface area contributed by atoms with Crippen LogP contribution in [0.4, 0.5) is 4.79 Å². The zero-order valence-corrected chi connectivity index (χ0v) is 11.8. The maximum absolute atomic E-state index is 12.5. The van der Waals surface area contributed by atoms with Gasteiger partial charge in [0.15, 0.2) is 0 Å². The number of carboxylic acid groups (broad SMARTS) is 1. The Morgan fingerprint density at radius 3 is 2.62 bits per heavy atom. The predicted molar refractivity (Wildman–Crippen MR) is 76.7 cm³/mol. The highest BCUT2D eigenvalue weighted by atomic mass is 16.4. The molecule has 1 aliphatic heterocycles. The zero-order chi connectivity index (χ0) is 15.2. The maximum atomic E-state index is 12.5. The SMILES string of the molecule is O=C(O)[C@@H]1CCCN1C(=O)N(CCO)Cc1ccccc1. The Morgan fingerprint density at radius 2 is 2.00 bits per heavy atom. The van der Waals surface area contributed by atoms with E-state index in [0.717, 1.165) is 5.56 Å². The Kier molecular flexibility index (Phi) is 5.16. The quantitative estimate of drug-likeness (QED) is 0.853. The minimum Gasteiger partial charge on any atom is -0.480 e. The van der Waals surface area contributed by atoms with Gasteiger partial charge in [-0.05, 0) is 18.4 Å².